The van der Waals surface area contributed by atoms with Crippen LogP contribution in [0.3, 0.4) is 0 Å². The Morgan fingerprint density at radius 3 is 2.48 bits per heavy atom. The Balaban J connectivity index is 1.83. The molecule has 3 aromatic carbocycles. The minimum absolute atomic E-state index is 0.168. The molecule has 0 fully saturated rings. The zero-order valence-corrected chi connectivity index (χ0v) is 12.0. The van der Waals surface area contributed by atoms with Crippen LogP contribution in [0.25, 0.3) is 10.8 Å². The molecule has 3 rings (SSSR count). The Bertz CT molecular complexity index is 791. The van der Waals surface area contributed by atoms with E-state index in [1.54, 1.807) is 12.1 Å². The van der Waals surface area contributed by atoms with E-state index in [1.165, 1.54) is 0 Å². The fraction of sp³-hybridized carbons (Fsp3) is 0.0556. The third-order valence-corrected chi connectivity index (χ3v) is 3.69. The fourth-order valence-corrected chi connectivity index (χ4v) is 2.43. The molecule has 0 heterocycles. The average molecular weight is 297 g/mol. The smallest absolute Gasteiger partial charge is 0.339 e. The molecule has 0 aliphatic carbocycles. The molecule has 0 spiro atoms. The van der Waals surface area contributed by atoms with E-state index >= 15 is 0 Å². The molecule has 0 aliphatic heterocycles. The lowest BCUT2D eigenvalue weighted by atomic mass is 10.0. The molecule has 104 valence electrons. The number of fused-ring (bicyclic) bond motifs is 1. The highest BCUT2D eigenvalue weighted by Gasteiger charge is 2.11. The van der Waals surface area contributed by atoms with Crippen molar-refractivity contribution in [3.05, 3.63) is 82.9 Å². The van der Waals surface area contributed by atoms with Crippen molar-refractivity contribution in [2.45, 2.75) is 6.61 Å². The number of carbonyl (C=O) groups is 1. The number of ether oxygens (including phenoxy) is 1. The number of esters is 1. The molecule has 2 nitrogen and oxygen atoms in total. The zero-order valence-electron chi connectivity index (χ0n) is 11.3. The van der Waals surface area contributed by atoms with E-state index in [9.17, 15) is 4.79 Å². The summed E-state index contributed by atoms with van der Waals surface area (Å²) in [4.78, 5) is 12.3. The van der Waals surface area contributed by atoms with E-state index in [0.29, 0.717) is 10.6 Å². The van der Waals surface area contributed by atoms with Gasteiger partial charge in [0.15, 0.2) is 0 Å². The molecule has 0 bridgehead atoms. The lowest BCUT2D eigenvalue weighted by Crippen LogP contribution is -2.06. The molecule has 0 aliphatic rings. The molecule has 0 unspecified atom stereocenters. The van der Waals surface area contributed by atoms with Crippen LogP contribution in [0.1, 0.15) is 15.9 Å². The van der Waals surface area contributed by atoms with Crippen molar-refractivity contribution in [1.29, 1.82) is 0 Å². The third-order valence-electron chi connectivity index (χ3n) is 3.33. The van der Waals surface area contributed by atoms with E-state index < -0.39 is 0 Å². The van der Waals surface area contributed by atoms with Crippen molar-refractivity contribution in [3.8, 4) is 0 Å². The molecule has 0 aromatic heterocycles. The molecule has 0 saturated heterocycles. The van der Waals surface area contributed by atoms with Crippen LogP contribution in [0, 0.1) is 0 Å². The number of benzene rings is 3. The van der Waals surface area contributed by atoms with Gasteiger partial charge in [-0.1, -0.05) is 66.2 Å². The largest absolute Gasteiger partial charge is 0.457 e. The molecule has 0 amide bonds. The minimum atomic E-state index is -0.341. The summed E-state index contributed by atoms with van der Waals surface area (Å²) in [7, 11) is 0. The van der Waals surface area contributed by atoms with Gasteiger partial charge in [-0.25, -0.2) is 4.79 Å². The van der Waals surface area contributed by atoms with Crippen molar-refractivity contribution < 1.29 is 9.53 Å². The summed E-state index contributed by atoms with van der Waals surface area (Å²) >= 11 is 6.06. The first-order chi connectivity index (χ1) is 10.3. The van der Waals surface area contributed by atoms with E-state index in [2.05, 4.69) is 0 Å². The third kappa shape index (κ3) is 2.91. The predicted octanol–water partition coefficient (Wildman–Crippen LogP) is 4.85. The fourth-order valence-electron chi connectivity index (χ4n) is 2.24. The van der Waals surface area contributed by atoms with Crippen LogP contribution in [-0.2, 0) is 11.3 Å². The average Bonchev–Trinajstić information content (AvgIpc) is 2.53. The zero-order chi connectivity index (χ0) is 14.7. The van der Waals surface area contributed by atoms with Gasteiger partial charge in [0.2, 0.25) is 0 Å². The van der Waals surface area contributed by atoms with Gasteiger partial charge in [-0.3, -0.25) is 0 Å². The summed E-state index contributed by atoms with van der Waals surface area (Å²) in [5, 5.41) is 2.51. The first-order valence-electron chi connectivity index (χ1n) is 6.64. The Morgan fingerprint density at radius 1 is 0.905 bits per heavy atom. The minimum Gasteiger partial charge on any atom is -0.457 e. The standard InChI is InChI=1S/C18H13ClO2/c19-17-11-4-2-7-14(17)12-21-18(20)16-10-5-8-13-6-1-3-9-15(13)16/h1-11H,12H2. The Kier molecular flexibility index (Phi) is 3.89. The van der Waals surface area contributed by atoms with Crippen LogP contribution < -0.4 is 0 Å². The molecular weight excluding hydrogens is 284 g/mol. The van der Waals surface area contributed by atoms with Crippen molar-refractivity contribution in [1.82, 2.24) is 0 Å². The van der Waals surface area contributed by atoms with Gasteiger partial charge in [0.05, 0.1) is 5.56 Å². The van der Waals surface area contributed by atoms with Gasteiger partial charge < -0.3 is 4.74 Å². The molecule has 21 heavy (non-hydrogen) atoms. The summed E-state index contributed by atoms with van der Waals surface area (Å²) in [6, 6.07) is 20.7. The van der Waals surface area contributed by atoms with Crippen molar-refractivity contribution in [2.24, 2.45) is 0 Å². The number of carbonyl (C=O) groups excluding carboxylic acids is 1. The Morgan fingerprint density at radius 2 is 1.62 bits per heavy atom. The first-order valence-corrected chi connectivity index (χ1v) is 7.02. The maximum Gasteiger partial charge on any atom is 0.339 e. The quantitative estimate of drug-likeness (QED) is 0.646. The second-order valence-electron chi connectivity index (χ2n) is 4.69. The van der Waals surface area contributed by atoms with Crippen LogP contribution >= 0.6 is 11.6 Å². The number of hydrogen-bond acceptors (Lipinski definition) is 2. The van der Waals surface area contributed by atoms with Gasteiger partial charge in [-0.05, 0) is 22.9 Å². The number of halogens is 1. The van der Waals surface area contributed by atoms with Gasteiger partial charge in [-0.2, -0.15) is 0 Å². The summed E-state index contributed by atoms with van der Waals surface area (Å²) in [5.41, 5.74) is 1.37. The Labute approximate surface area is 127 Å². The monoisotopic (exact) mass is 296 g/mol. The first kappa shape index (κ1) is 13.7. The van der Waals surface area contributed by atoms with E-state index in [1.807, 2.05) is 54.6 Å². The van der Waals surface area contributed by atoms with E-state index in [0.717, 1.165) is 16.3 Å². The van der Waals surface area contributed by atoms with Crippen molar-refractivity contribution >= 4 is 28.3 Å². The molecule has 3 aromatic rings. The van der Waals surface area contributed by atoms with Crippen LogP contribution in [0.4, 0.5) is 0 Å². The van der Waals surface area contributed by atoms with Crippen molar-refractivity contribution in [2.75, 3.05) is 0 Å². The highest BCUT2D eigenvalue weighted by atomic mass is 35.5. The SMILES string of the molecule is O=C(OCc1ccccc1Cl)c1cccc2ccccc12. The Hall–Kier alpha value is -2.32. The van der Waals surface area contributed by atoms with Crippen LogP contribution in [-0.4, -0.2) is 5.97 Å². The van der Waals surface area contributed by atoms with Crippen LogP contribution in [0.2, 0.25) is 5.02 Å². The van der Waals surface area contributed by atoms with Gasteiger partial charge in [0.1, 0.15) is 6.61 Å². The normalized spacial score (nSPS) is 10.5. The van der Waals surface area contributed by atoms with Crippen LogP contribution in [0.5, 0.6) is 0 Å². The predicted molar refractivity (Wildman–Crippen MR) is 84.5 cm³/mol. The highest BCUT2D eigenvalue weighted by Crippen LogP contribution is 2.21. The van der Waals surface area contributed by atoms with Gasteiger partial charge in [0, 0.05) is 10.6 Å². The maximum atomic E-state index is 12.3. The van der Waals surface area contributed by atoms with Crippen LogP contribution in [0.15, 0.2) is 66.7 Å². The summed E-state index contributed by atoms with van der Waals surface area (Å²) in [6.45, 7) is 0.168. The molecule has 3 heteroatoms. The second-order valence-corrected chi connectivity index (χ2v) is 5.10. The van der Waals surface area contributed by atoms with E-state index in [4.69, 9.17) is 16.3 Å². The maximum absolute atomic E-state index is 12.3. The molecule has 0 atom stereocenters. The second kappa shape index (κ2) is 5.98. The van der Waals surface area contributed by atoms with Crippen molar-refractivity contribution in [3.63, 3.8) is 0 Å². The van der Waals surface area contributed by atoms with Gasteiger partial charge in [0.25, 0.3) is 0 Å². The topological polar surface area (TPSA) is 26.3 Å². The molecule has 0 radical (unpaired) electrons. The summed E-state index contributed by atoms with van der Waals surface area (Å²) < 4.78 is 5.38. The lowest BCUT2D eigenvalue weighted by Gasteiger charge is -2.08. The van der Waals surface area contributed by atoms with Gasteiger partial charge >= 0.3 is 5.97 Å². The summed E-state index contributed by atoms with van der Waals surface area (Å²) in [5.74, 6) is -0.341. The molecule has 0 saturated carbocycles. The lowest BCUT2D eigenvalue weighted by molar-refractivity contribution is 0.0475. The molecular formula is C18H13ClO2. The highest BCUT2D eigenvalue weighted by molar-refractivity contribution is 6.31. The number of hydrogen-bond donors (Lipinski definition) is 0. The summed E-state index contributed by atoms with van der Waals surface area (Å²) in [6.07, 6.45) is 0. The van der Waals surface area contributed by atoms with E-state index in [-0.39, 0.29) is 12.6 Å². The molecule has 0 N–H and O–H groups in total. The van der Waals surface area contributed by atoms with Gasteiger partial charge in [-0.15, -0.1) is 0 Å². The number of rotatable bonds is 3.